The lowest BCUT2D eigenvalue weighted by Crippen LogP contribution is -2.38. The fourth-order valence-electron chi connectivity index (χ4n) is 1.95. The summed E-state index contributed by atoms with van der Waals surface area (Å²) >= 11 is 0. The zero-order chi connectivity index (χ0) is 15.5. The topological polar surface area (TPSA) is 64.8 Å². The summed E-state index contributed by atoms with van der Waals surface area (Å²) in [5, 5.41) is 13.0. The molecule has 1 fully saturated rings. The van der Waals surface area contributed by atoms with E-state index in [1.807, 2.05) is 13.0 Å². The molecule has 0 aromatic heterocycles. The first-order valence-corrected chi connectivity index (χ1v) is 8.23. The summed E-state index contributed by atoms with van der Waals surface area (Å²) in [6.07, 6.45) is 3.94. The van der Waals surface area contributed by atoms with E-state index >= 15 is 0 Å². The number of benzene rings is 1. The van der Waals surface area contributed by atoms with Crippen molar-refractivity contribution >= 4 is 10.0 Å². The first-order chi connectivity index (χ1) is 9.95. The fraction of sp³-hybridized carbons (Fsp3) is 0.400. The monoisotopic (exact) mass is 306 g/mol. The second-order valence-electron chi connectivity index (χ2n) is 5.15. The Hall–Kier alpha value is -1.84. The van der Waals surface area contributed by atoms with Crippen LogP contribution < -0.4 is 0 Å². The molecule has 21 heavy (non-hydrogen) atoms. The zero-order valence-electron chi connectivity index (χ0n) is 12.1. The molecule has 0 radical (unpaired) electrons. The minimum Gasteiger partial charge on any atom is -0.498 e. The van der Waals surface area contributed by atoms with Crippen molar-refractivity contribution in [1.29, 1.82) is 0 Å². The standard InChI is InChI=1S/C15H18N2O3S/c1-12-3-7-15(8-4-12)21(19,20)17(13(2)11-16-18)10-9-14-5-6-14/h3-4,7-9,13H,5-6,10H2,1-2H3/t13-/m0/s1. The number of allylic oxidation sites excluding steroid dienone is 1. The molecule has 0 aliphatic heterocycles. The van der Waals surface area contributed by atoms with Crippen LogP contribution in [0.2, 0.25) is 0 Å². The Kier molecular flexibility index (Phi) is 4.66. The minimum absolute atomic E-state index is 0.210. The molecule has 0 amide bonds. The van der Waals surface area contributed by atoms with Crippen molar-refractivity contribution in [3.05, 3.63) is 51.7 Å². The summed E-state index contributed by atoms with van der Waals surface area (Å²) in [5.41, 5.74) is 2.23. The maximum atomic E-state index is 12.7. The number of aryl methyl sites for hydroxylation is 1. The average molecular weight is 306 g/mol. The Bertz CT molecular complexity index is 691. The van der Waals surface area contributed by atoms with Gasteiger partial charge in [-0.05, 0) is 38.8 Å². The third-order valence-electron chi connectivity index (χ3n) is 3.40. The van der Waals surface area contributed by atoms with Crippen LogP contribution in [0.5, 0.6) is 0 Å². The highest BCUT2D eigenvalue weighted by Crippen LogP contribution is 2.28. The van der Waals surface area contributed by atoms with Gasteiger partial charge < -0.3 is 5.21 Å². The van der Waals surface area contributed by atoms with E-state index in [1.54, 1.807) is 31.2 Å². The third-order valence-corrected chi connectivity index (χ3v) is 5.35. The second-order valence-corrected chi connectivity index (χ2v) is 7.04. The molecule has 5 nitrogen and oxygen atoms in total. The van der Waals surface area contributed by atoms with Crippen LogP contribution >= 0.6 is 0 Å². The number of sulfonamides is 1. The highest BCUT2D eigenvalue weighted by atomic mass is 32.2. The van der Waals surface area contributed by atoms with Gasteiger partial charge in [-0.1, -0.05) is 29.3 Å². The van der Waals surface area contributed by atoms with Crippen LogP contribution in [-0.2, 0) is 10.0 Å². The SMILES string of the molecule is Cc1ccc(S(=O)(=O)N(CC=C2CC2)[C@@H](C)C#[N+][O-])cc1. The Morgan fingerprint density at radius 1 is 1.38 bits per heavy atom. The van der Waals surface area contributed by atoms with Gasteiger partial charge in [0.25, 0.3) is 0 Å². The molecule has 112 valence electrons. The van der Waals surface area contributed by atoms with Crippen LogP contribution in [0.25, 0.3) is 5.01 Å². The van der Waals surface area contributed by atoms with E-state index in [1.165, 1.54) is 9.88 Å². The molecule has 2 rings (SSSR count). The molecule has 0 bridgehead atoms. The molecule has 0 spiro atoms. The van der Waals surface area contributed by atoms with Crippen molar-refractivity contribution in [2.45, 2.75) is 37.6 Å². The predicted octanol–water partition coefficient (Wildman–Crippen LogP) is 2.93. The van der Waals surface area contributed by atoms with Crippen LogP contribution in [0.1, 0.15) is 25.3 Å². The fourth-order valence-corrected chi connectivity index (χ4v) is 3.43. The van der Waals surface area contributed by atoms with E-state index in [2.05, 4.69) is 11.1 Å². The van der Waals surface area contributed by atoms with Crippen LogP contribution in [0.4, 0.5) is 0 Å². The lowest BCUT2D eigenvalue weighted by Gasteiger charge is -2.21. The van der Waals surface area contributed by atoms with Gasteiger partial charge in [0.2, 0.25) is 10.0 Å². The van der Waals surface area contributed by atoms with Crippen molar-refractivity contribution in [2.24, 2.45) is 0 Å². The Labute approximate surface area is 125 Å². The van der Waals surface area contributed by atoms with Gasteiger partial charge in [-0.25, -0.2) is 8.42 Å². The predicted molar refractivity (Wildman–Crippen MR) is 82.5 cm³/mol. The lowest BCUT2D eigenvalue weighted by atomic mass is 10.2. The molecule has 1 aromatic carbocycles. The zero-order valence-corrected chi connectivity index (χ0v) is 12.9. The van der Waals surface area contributed by atoms with E-state index in [0.29, 0.717) is 0 Å². The van der Waals surface area contributed by atoms with E-state index in [9.17, 15) is 13.6 Å². The van der Waals surface area contributed by atoms with Crippen LogP contribution in [0, 0.1) is 18.2 Å². The maximum Gasteiger partial charge on any atom is 0.318 e. The molecule has 0 N–H and O–H groups in total. The third kappa shape index (κ3) is 3.84. The summed E-state index contributed by atoms with van der Waals surface area (Å²) in [5.74, 6) is 0. The van der Waals surface area contributed by atoms with Crippen molar-refractivity contribution in [2.75, 3.05) is 6.54 Å². The Balaban J connectivity index is 2.34. The Morgan fingerprint density at radius 3 is 2.52 bits per heavy atom. The summed E-state index contributed by atoms with van der Waals surface area (Å²) in [4.78, 5) is 0.210. The second kappa shape index (κ2) is 6.29. The summed E-state index contributed by atoms with van der Waals surface area (Å²) in [6.45, 7) is 3.72. The van der Waals surface area contributed by atoms with E-state index in [0.717, 1.165) is 18.4 Å². The molecule has 1 aromatic rings. The van der Waals surface area contributed by atoms with Crippen LogP contribution in [-0.4, -0.2) is 25.3 Å². The van der Waals surface area contributed by atoms with Crippen molar-refractivity contribution < 1.29 is 8.42 Å². The molecular formula is C15H18N2O3S. The summed E-state index contributed by atoms with van der Waals surface area (Å²) < 4.78 is 26.7. The maximum absolute atomic E-state index is 12.7. The molecule has 0 saturated heterocycles. The molecule has 0 unspecified atom stereocenters. The van der Waals surface area contributed by atoms with Crippen molar-refractivity contribution in [3.8, 4) is 6.07 Å². The number of nitrogens with zero attached hydrogens (tertiary/aromatic N) is 2. The number of rotatable bonds is 5. The van der Waals surface area contributed by atoms with E-state index in [4.69, 9.17) is 0 Å². The molecular weight excluding hydrogens is 288 g/mol. The molecule has 1 atom stereocenters. The van der Waals surface area contributed by atoms with Gasteiger partial charge in [0.05, 0.1) is 4.90 Å². The van der Waals surface area contributed by atoms with Crippen molar-refractivity contribution in [1.82, 2.24) is 4.31 Å². The summed E-state index contributed by atoms with van der Waals surface area (Å²) in [7, 11) is -3.68. The lowest BCUT2D eigenvalue weighted by molar-refractivity contribution is 0.415. The Morgan fingerprint density at radius 2 is 2.00 bits per heavy atom. The normalized spacial score (nSPS) is 15.3. The van der Waals surface area contributed by atoms with Gasteiger partial charge >= 0.3 is 6.07 Å². The van der Waals surface area contributed by atoms with E-state index < -0.39 is 16.1 Å². The molecule has 1 saturated carbocycles. The number of hydrogen-bond acceptors (Lipinski definition) is 3. The van der Waals surface area contributed by atoms with Gasteiger partial charge in [-0.3, -0.25) is 0 Å². The minimum atomic E-state index is -3.68. The first-order valence-electron chi connectivity index (χ1n) is 6.79. The number of hydrogen-bond donors (Lipinski definition) is 0. The summed E-state index contributed by atoms with van der Waals surface area (Å²) in [6, 6.07) is 8.21. The van der Waals surface area contributed by atoms with Crippen LogP contribution in [0.3, 0.4) is 0 Å². The van der Waals surface area contributed by atoms with E-state index in [-0.39, 0.29) is 11.4 Å². The first kappa shape index (κ1) is 15.5. The molecule has 6 heteroatoms. The van der Waals surface area contributed by atoms with Gasteiger partial charge in [0.15, 0.2) is 6.04 Å². The smallest absolute Gasteiger partial charge is 0.318 e. The average Bonchev–Trinajstić information content (AvgIpc) is 3.23. The molecule has 1 aliphatic carbocycles. The highest BCUT2D eigenvalue weighted by molar-refractivity contribution is 7.89. The highest BCUT2D eigenvalue weighted by Gasteiger charge is 2.30. The van der Waals surface area contributed by atoms with Gasteiger partial charge in [0.1, 0.15) is 0 Å². The van der Waals surface area contributed by atoms with Gasteiger partial charge in [-0.15, -0.1) is 0 Å². The molecule has 0 heterocycles. The van der Waals surface area contributed by atoms with Gasteiger partial charge in [-0.2, -0.15) is 4.31 Å². The van der Waals surface area contributed by atoms with Crippen molar-refractivity contribution in [3.63, 3.8) is 0 Å². The van der Waals surface area contributed by atoms with Crippen LogP contribution in [0.15, 0.2) is 40.8 Å². The largest absolute Gasteiger partial charge is 0.498 e. The molecule has 1 aliphatic rings. The van der Waals surface area contributed by atoms with Gasteiger partial charge in [0, 0.05) is 11.6 Å². The quantitative estimate of drug-likeness (QED) is 0.620.